The third-order valence-electron chi connectivity index (χ3n) is 3.06. The molecule has 0 saturated heterocycles. The van der Waals surface area contributed by atoms with E-state index in [0.717, 1.165) is 11.1 Å². The van der Waals surface area contributed by atoms with E-state index in [1.807, 2.05) is 36.4 Å². The minimum absolute atomic E-state index is 0.384. The molecule has 2 unspecified atom stereocenters. The highest BCUT2D eigenvalue weighted by Crippen LogP contribution is 2.47. The van der Waals surface area contributed by atoms with E-state index in [1.54, 1.807) is 24.3 Å². The second-order valence-corrected chi connectivity index (χ2v) is 6.69. The van der Waals surface area contributed by atoms with E-state index >= 15 is 0 Å². The lowest BCUT2D eigenvalue weighted by Crippen LogP contribution is -2.11. The predicted octanol–water partition coefficient (Wildman–Crippen LogP) is 3.26. The van der Waals surface area contributed by atoms with E-state index in [-0.39, 0.29) is 0 Å². The van der Waals surface area contributed by atoms with Crippen LogP contribution < -0.4 is 0 Å². The van der Waals surface area contributed by atoms with Gasteiger partial charge in [-0.3, -0.25) is 13.9 Å². The molecule has 2 N–H and O–H groups in total. The summed E-state index contributed by atoms with van der Waals surface area (Å²) in [5.41, 5.74) is 1.66. The maximum atomic E-state index is 12.0. The zero-order chi connectivity index (χ0) is 16.0. The van der Waals surface area contributed by atoms with Crippen molar-refractivity contribution >= 4 is 13.6 Å². The van der Waals surface area contributed by atoms with E-state index < -0.39 is 25.8 Å². The average Bonchev–Trinajstić information content (AvgIpc) is 2.47. The fourth-order valence-corrected chi connectivity index (χ4v) is 3.13. The van der Waals surface area contributed by atoms with Crippen molar-refractivity contribution in [3.8, 4) is 0 Å². The third kappa shape index (κ3) is 5.11. The van der Waals surface area contributed by atoms with Crippen molar-refractivity contribution in [2.24, 2.45) is 0 Å². The Morgan fingerprint density at radius 3 is 2.14 bits per heavy atom. The first kappa shape index (κ1) is 16.4. The molecule has 0 spiro atoms. The molecular formula is C16H17O5P. The summed E-state index contributed by atoms with van der Waals surface area (Å²) in [6.07, 6.45) is -1.21. The maximum absolute atomic E-state index is 12.0. The molecule has 0 bridgehead atoms. The molecule has 6 heteroatoms. The van der Waals surface area contributed by atoms with Gasteiger partial charge in [-0.05, 0) is 11.1 Å². The smallest absolute Gasteiger partial charge is 0.339 e. The Labute approximate surface area is 128 Å². The molecule has 0 amide bonds. The third-order valence-corrected chi connectivity index (χ3v) is 4.32. The van der Waals surface area contributed by atoms with Crippen molar-refractivity contribution in [2.75, 3.05) is 6.16 Å². The molecule has 22 heavy (non-hydrogen) atoms. The quantitative estimate of drug-likeness (QED) is 0.765. The molecule has 0 aliphatic rings. The summed E-state index contributed by atoms with van der Waals surface area (Å²) in [6.45, 7) is 0. The van der Waals surface area contributed by atoms with Crippen LogP contribution >= 0.6 is 7.60 Å². The fraction of sp³-hybridized carbons (Fsp3) is 0.188. The van der Waals surface area contributed by atoms with Crippen molar-refractivity contribution in [2.45, 2.75) is 12.5 Å². The first-order chi connectivity index (χ1) is 10.5. The zero-order valence-electron chi connectivity index (χ0n) is 11.8. The Hall–Kier alpha value is -1.94. The van der Waals surface area contributed by atoms with Crippen LogP contribution in [0, 0.1) is 0 Å². The Morgan fingerprint density at radius 1 is 1.05 bits per heavy atom. The highest BCUT2D eigenvalue weighted by Gasteiger charge is 2.29. The summed E-state index contributed by atoms with van der Waals surface area (Å²) in [6, 6.07) is 18.4. The lowest BCUT2D eigenvalue weighted by molar-refractivity contribution is -0.134. The van der Waals surface area contributed by atoms with Crippen molar-refractivity contribution in [3.05, 3.63) is 71.8 Å². The van der Waals surface area contributed by atoms with E-state index in [1.165, 1.54) is 0 Å². The van der Waals surface area contributed by atoms with Crippen LogP contribution in [0.15, 0.2) is 60.7 Å². The average molecular weight is 320 g/mol. The van der Waals surface area contributed by atoms with Crippen LogP contribution in [0.2, 0.25) is 0 Å². The number of benzene rings is 2. The molecule has 0 aromatic heterocycles. The van der Waals surface area contributed by atoms with Crippen molar-refractivity contribution in [1.29, 1.82) is 0 Å². The van der Waals surface area contributed by atoms with Gasteiger partial charge in [0.25, 0.3) is 0 Å². The molecule has 0 aliphatic heterocycles. The molecule has 0 heterocycles. The highest BCUT2D eigenvalue weighted by atomic mass is 31.2. The van der Waals surface area contributed by atoms with Gasteiger partial charge in [0.2, 0.25) is 0 Å². The molecule has 0 saturated carbocycles. The number of hydrogen-bond acceptors (Lipinski definition) is 3. The van der Waals surface area contributed by atoms with Crippen LogP contribution in [-0.4, -0.2) is 22.1 Å². The summed E-state index contributed by atoms with van der Waals surface area (Å²) < 4.78 is 17.2. The largest absolute Gasteiger partial charge is 0.481 e. The van der Waals surface area contributed by atoms with Gasteiger partial charge in [-0.25, -0.2) is 0 Å². The summed E-state index contributed by atoms with van der Waals surface area (Å²) in [5.74, 6) is -1.36. The Kier molecular flexibility index (Phi) is 5.50. The van der Waals surface area contributed by atoms with Gasteiger partial charge < -0.3 is 10.00 Å². The second-order valence-electron chi connectivity index (χ2n) is 4.88. The number of carboxylic acids is 1. The molecule has 2 aromatic carbocycles. The van der Waals surface area contributed by atoms with Gasteiger partial charge in [-0.15, -0.1) is 0 Å². The summed E-state index contributed by atoms with van der Waals surface area (Å²) in [7, 11) is -4.21. The minimum Gasteiger partial charge on any atom is -0.481 e. The van der Waals surface area contributed by atoms with Gasteiger partial charge in [-0.2, -0.15) is 0 Å². The lowest BCUT2D eigenvalue weighted by Gasteiger charge is -2.21. The maximum Gasteiger partial charge on any atom is 0.339 e. The number of aliphatic carboxylic acids is 1. The van der Waals surface area contributed by atoms with Gasteiger partial charge in [0, 0.05) is 6.42 Å². The van der Waals surface area contributed by atoms with Crippen LogP contribution in [0.3, 0.4) is 0 Å². The topological polar surface area (TPSA) is 83.8 Å². The molecule has 2 atom stereocenters. The van der Waals surface area contributed by atoms with Crippen LogP contribution in [0.4, 0.5) is 0 Å². The summed E-state index contributed by atoms with van der Waals surface area (Å²) in [4.78, 5) is 20.4. The van der Waals surface area contributed by atoms with Gasteiger partial charge >= 0.3 is 13.6 Å². The SMILES string of the molecule is O=C(O)CP(=O)(O)OC(Cc1ccccc1)c1ccccc1. The summed E-state index contributed by atoms with van der Waals surface area (Å²) >= 11 is 0. The molecule has 5 nitrogen and oxygen atoms in total. The van der Waals surface area contributed by atoms with Crippen LogP contribution in [-0.2, 0) is 20.3 Å². The van der Waals surface area contributed by atoms with Crippen LogP contribution in [0.25, 0.3) is 0 Å². The monoisotopic (exact) mass is 320 g/mol. The Balaban J connectivity index is 2.22. The van der Waals surface area contributed by atoms with Gasteiger partial charge in [0.15, 0.2) is 0 Å². The Morgan fingerprint density at radius 2 is 1.59 bits per heavy atom. The minimum atomic E-state index is -4.21. The lowest BCUT2D eigenvalue weighted by atomic mass is 10.0. The predicted molar refractivity (Wildman–Crippen MR) is 82.7 cm³/mol. The molecule has 0 fully saturated rings. The molecule has 0 radical (unpaired) electrons. The van der Waals surface area contributed by atoms with Crippen molar-refractivity contribution < 1.29 is 23.9 Å². The van der Waals surface area contributed by atoms with E-state index in [0.29, 0.717) is 6.42 Å². The van der Waals surface area contributed by atoms with Gasteiger partial charge in [-0.1, -0.05) is 60.7 Å². The number of rotatable bonds is 7. The first-order valence-electron chi connectivity index (χ1n) is 6.77. The standard InChI is InChI=1S/C16H17O5P/c17-16(18)12-22(19,20)21-15(14-9-5-2-6-10-14)11-13-7-3-1-4-8-13/h1-10,15H,11-12H2,(H,17,18)(H,19,20). The van der Waals surface area contributed by atoms with Crippen LogP contribution in [0.1, 0.15) is 17.2 Å². The van der Waals surface area contributed by atoms with Crippen molar-refractivity contribution in [1.82, 2.24) is 0 Å². The zero-order valence-corrected chi connectivity index (χ0v) is 12.7. The normalized spacial score (nSPS) is 15.0. The van der Waals surface area contributed by atoms with Gasteiger partial charge in [0.1, 0.15) is 6.16 Å². The summed E-state index contributed by atoms with van der Waals surface area (Å²) in [5, 5.41) is 8.71. The van der Waals surface area contributed by atoms with E-state index in [2.05, 4.69) is 0 Å². The molecule has 2 aromatic rings. The molecular weight excluding hydrogens is 303 g/mol. The molecule has 116 valence electrons. The highest BCUT2D eigenvalue weighted by molar-refractivity contribution is 7.53. The Bertz CT molecular complexity index is 657. The fourth-order valence-electron chi connectivity index (χ4n) is 2.12. The first-order valence-corrected chi connectivity index (χ1v) is 8.53. The van der Waals surface area contributed by atoms with E-state index in [9.17, 15) is 14.3 Å². The van der Waals surface area contributed by atoms with Crippen LogP contribution in [0.5, 0.6) is 0 Å². The number of carbonyl (C=O) groups is 1. The molecule has 2 rings (SSSR count). The molecule has 0 aliphatic carbocycles. The van der Waals surface area contributed by atoms with Crippen molar-refractivity contribution in [3.63, 3.8) is 0 Å². The second kappa shape index (κ2) is 7.36. The van der Waals surface area contributed by atoms with Gasteiger partial charge in [0.05, 0.1) is 6.10 Å². The number of carboxylic acid groups (broad SMARTS) is 1. The number of hydrogen-bond donors (Lipinski definition) is 2. The van der Waals surface area contributed by atoms with E-state index in [4.69, 9.17) is 9.63 Å².